The molecule has 0 radical (unpaired) electrons. The molecule has 0 spiro atoms. The van der Waals surface area contributed by atoms with Crippen molar-refractivity contribution in [3.05, 3.63) is 58.9 Å². The van der Waals surface area contributed by atoms with Gasteiger partial charge in [0.2, 0.25) is 0 Å². The first-order valence-corrected chi connectivity index (χ1v) is 5.91. The molecular formula is C13H13N5O. The van der Waals surface area contributed by atoms with Crippen LogP contribution in [-0.4, -0.2) is 20.2 Å². The maximum absolute atomic E-state index is 11.1. The zero-order valence-corrected chi connectivity index (χ0v) is 10.1. The summed E-state index contributed by atoms with van der Waals surface area (Å²) in [5.74, 6) is 0.888. The van der Waals surface area contributed by atoms with Crippen LogP contribution in [0.1, 0.15) is 5.82 Å². The molecule has 0 fully saturated rings. The van der Waals surface area contributed by atoms with Crippen LogP contribution < -0.4 is 10.9 Å². The van der Waals surface area contributed by atoms with Crippen LogP contribution in [0, 0.1) is 0 Å². The Kier molecular flexibility index (Phi) is 2.89. The topological polar surface area (TPSA) is 89.4 Å². The Bertz CT molecular complexity index is 693. The van der Waals surface area contributed by atoms with Crippen LogP contribution in [0.4, 0.5) is 5.69 Å². The molecule has 0 atom stereocenters. The third-order valence-corrected chi connectivity index (χ3v) is 2.81. The molecular weight excluding hydrogens is 242 g/mol. The summed E-state index contributed by atoms with van der Waals surface area (Å²) in [6.45, 7) is 0.646. The molecule has 0 saturated heterocycles. The van der Waals surface area contributed by atoms with Crippen molar-refractivity contribution < 1.29 is 0 Å². The number of aromatic amines is 3. The molecule has 2 aromatic heterocycles. The first-order chi connectivity index (χ1) is 9.31. The molecule has 0 aliphatic heterocycles. The average Bonchev–Trinajstić information content (AvgIpc) is 3.08. The van der Waals surface area contributed by atoms with E-state index in [0.717, 1.165) is 22.8 Å². The third-order valence-electron chi connectivity index (χ3n) is 2.81. The van der Waals surface area contributed by atoms with Gasteiger partial charge >= 0.3 is 0 Å². The lowest BCUT2D eigenvalue weighted by Crippen LogP contribution is -2.00. The van der Waals surface area contributed by atoms with E-state index in [9.17, 15) is 4.79 Å². The SMILES string of the molecule is O=c1cc(-c2ccc(NCc3ncc[nH]3)cc2)[nH][nH]1. The minimum absolute atomic E-state index is 0.130. The molecule has 1 aromatic carbocycles. The lowest BCUT2D eigenvalue weighted by molar-refractivity contribution is 1.00. The highest BCUT2D eigenvalue weighted by molar-refractivity contribution is 5.62. The second-order valence-electron chi connectivity index (χ2n) is 4.14. The highest BCUT2D eigenvalue weighted by Gasteiger charge is 2.01. The van der Waals surface area contributed by atoms with Crippen LogP contribution in [0.25, 0.3) is 11.3 Å². The van der Waals surface area contributed by atoms with Gasteiger partial charge in [-0.2, -0.15) is 0 Å². The smallest absolute Gasteiger partial charge is 0.264 e. The molecule has 0 amide bonds. The molecule has 6 heteroatoms. The summed E-state index contributed by atoms with van der Waals surface area (Å²) < 4.78 is 0. The highest BCUT2D eigenvalue weighted by atomic mass is 16.1. The van der Waals surface area contributed by atoms with Gasteiger partial charge in [0, 0.05) is 24.1 Å². The summed E-state index contributed by atoms with van der Waals surface area (Å²) in [6, 6.07) is 9.35. The molecule has 0 saturated carbocycles. The van der Waals surface area contributed by atoms with Gasteiger partial charge in [-0.15, -0.1) is 0 Å². The number of benzene rings is 1. The fraction of sp³-hybridized carbons (Fsp3) is 0.0769. The van der Waals surface area contributed by atoms with E-state index in [4.69, 9.17) is 0 Å². The fourth-order valence-electron chi connectivity index (χ4n) is 1.84. The molecule has 3 aromatic rings. The van der Waals surface area contributed by atoms with Crippen molar-refractivity contribution in [2.75, 3.05) is 5.32 Å². The summed E-state index contributed by atoms with van der Waals surface area (Å²) in [4.78, 5) is 18.2. The van der Waals surface area contributed by atoms with E-state index in [-0.39, 0.29) is 5.56 Å². The number of hydrogen-bond donors (Lipinski definition) is 4. The quantitative estimate of drug-likeness (QED) is 0.572. The Hall–Kier alpha value is -2.76. The normalized spacial score (nSPS) is 10.5. The van der Waals surface area contributed by atoms with Crippen LogP contribution in [-0.2, 0) is 6.54 Å². The Morgan fingerprint density at radius 1 is 1.16 bits per heavy atom. The van der Waals surface area contributed by atoms with Gasteiger partial charge in [0.05, 0.1) is 12.2 Å². The van der Waals surface area contributed by atoms with Gasteiger partial charge in [0.25, 0.3) is 5.56 Å². The number of nitrogens with one attached hydrogen (secondary N) is 4. The summed E-state index contributed by atoms with van der Waals surface area (Å²) in [5, 5.41) is 8.60. The van der Waals surface area contributed by atoms with Crippen molar-refractivity contribution in [3.63, 3.8) is 0 Å². The van der Waals surface area contributed by atoms with Gasteiger partial charge in [-0.05, 0) is 17.7 Å². The van der Waals surface area contributed by atoms with E-state index in [2.05, 4.69) is 25.5 Å². The van der Waals surface area contributed by atoms with Crippen molar-refractivity contribution in [1.82, 2.24) is 20.2 Å². The second-order valence-corrected chi connectivity index (χ2v) is 4.14. The molecule has 3 rings (SSSR count). The second kappa shape index (κ2) is 4.85. The zero-order chi connectivity index (χ0) is 13.1. The van der Waals surface area contributed by atoms with E-state index in [0.29, 0.717) is 6.54 Å². The van der Waals surface area contributed by atoms with Gasteiger partial charge in [0.1, 0.15) is 5.82 Å². The predicted octanol–water partition coefficient (Wildman–Crippen LogP) is 1.71. The number of hydrogen-bond acceptors (Lipinski definition) is 3. The van der Waals surface area contributed by atoms with Crippen LogP contribution in [0.15, 0.2) is 47.5 Å². The van der Waals surface area contributed by atoms with E-state index < -0.39 is 0 Å². The van der Waals surface area contributed by atoms with E-state index in [1.54, 1.807) is 12.4 Å². The Balaban J connectivity index is 1.70. The number of anilines is 1. The summed E-state index contributed by atoms with van der Waals surface area (Å²) in [7, 11) is 0. The molecule has 19 heavy (non-hydrogen) atoms. The van der Waals surface area contributed by atoms with E-state index in [1.807, 2.05) is 24.3 Å². The van der Waals surface area contributed by atoms with E-state index >= 15 is 0 Å². The lowest BCUT2D eigenvalue weighted by Gasteiger charge is -2.05. The molecule has 2 heterocycles. The van der Waals surface area contributed by atoms with E-state index in [1.165, 1.54) is 6.07 Å². The number of H-pyrrole nitrogens is 3. The Morgan fingerprint density at radius 2 is 2.00 bits per heavy atom. The monoisotopic (exact) mass is 255 g/mol. The maximum atomic E-state index is 11.1. The Morgan fingerprint density at radius 3 is 2.63 bits per heavy atom. The van der Waals surface area contributed by atoms with Crippen molar-refractivity contribution >= 4 is 5.69 Å². The van der Waals surface area contributed by atoms with Crippen LogP contribution >= 0.6 is 0 Å². The molecule has 0 bridgehead atoms. The summed E-state index contributed by atoms with van der Waals surface area (Å²) in [6.07, 6.45) is 3.52. The minimum atomic E-state index is -0.130. The van der Waals surface area contributed by atoms with Crippen LogP contribution in [0.2, 0.25) is 0 Å². The van der Waals surface area contributed by atoms with Crippen LogP contribution in [0.5, 0.6) is 0 Å². The number of imidazole rings is 1. The van der Waals surface area contributed by atoms with Gasteiger partial charge in [-0.3, -0.25) is 15.0 Å². The molecule has 96 valence electrons. The van der Waals surface area contributed by atoms with Crippen molar-refractivity contribution in [2.24, 2.45) is 0 Å². The fourth-order valence-corrected chi connectivity index (χ4v) is 1.84. The predicted molar refractivity (Wildman–Crippen MR) is 72.8 cm³/mol. The van der Waals surface area contributed by atoms with Crippen LogP contribution in [0.3, 0.4) is 0 Å². The van der Waals surface area contributed by atoms with Gasteiger partial charge in [-0.25, -0.2) is 4.98 Å². The summed E-state index contributed by atoms with van der Waals surface area (Å²) in [5.41, 5.74) is 2.61. The number of aromatic nitrogens is 4. The van der Waals surface area contributed by atoms with Gasteiger partial charge in [0.15, 0.2) is 0 Å². The maximum Gasteiger partial charge on any atom is 0.264 e. The van der Waals surface area contributed by atoms with Crippen molar-refractivity contribution in [1.29, 1.82) is 0 Å². The standard InChI is InChI=1S/C13H13N5O/c19-13-7-11(17-18-13)9-1-3-10(4-2-9)16-8-12-14-5-6-15-12/h1-7,16H,8H2,(H,14,15)(H2,17,18,19). The number of rotatable bonds is 4. The highest BCUT2D eigenvalue weighted by Crippen LogP contribution is 2.18. The molecule has 4 N–H and O–H groups in total. The molecule has 0 unspecified atom stereocenters. The third kappa shape index (κ3) is 2.57. The number of nitrogens with zero attached hydrogens (tertiary/aromatic N) is 1. The molecule has 6 nitrogen and oxygen atoms in total. The van der Waals surface area contributed by atoms with Gasteiger partial charge in [-0.1, -0.05) is 12.1 Å². The Labute approximate surface area is 108 Å². The molecule has 0 aliphatic carbocycles. The first-order valence-electron chi connectivity index (χ1n) is 5.91. The zero-order valence-electron chi connectivity index (χ0n) is 10.1. The lowest BCUT2D eigenvalue weighted by atomic mass is 10.1. The average molecular weight is 255 g/mol. The largest absolute Gasteiger partial charge is 0.378 e. The van der Waals surface area contributed by atoms with Crippen molar-refractivity contribution in [2.45, 2.75) is 6.54 Å². The summed E-state index contributed by atoms with van der Waals surface area (Å²) >= 11 is 0. The van der Waals surface area contributed by atoms with Gasteiger partial charge < -0.3 is 10.3 Å². The molecule has 0 aliphatic rings. The first kappa shape index (κ1) is 11.3. The van der Waals surface area contributed by atoms with Crippen molar-refractivity contribution in [3.8, 4) is 11.3 Å². The minimum Gasteiger partial charge on any atom is -0.378 e.